The topological polar surface area (TPSA) is 37.2 Å². The van der Waals surface area contributed by atoms with Gasteiger partial charge in [0.15, 0.2) is 0 Å². The minimum absolute atomic E-state index is 0.0559. The molecule has 1 atom stereocenters. The van der Waals surface area contributed by atoms with Crippen molar-refractivity contribution in [2.24, 2.45) is 0 Å². The van der Waals surface area contributed by atoms with Crippen LogP contribution < -0.4 is 5.32 Å². The molecular formula is C20H18Cl2N2O. The van der Waals surface area contributed by atoms with Crippen molar-refractivity contribution in [3.8, 4) is 5.69 Å². The zero-order valence-electron chi connectivity index (χ0n) is 13.5. The van der Waals surface area contributed by atoms with Gasteiger partial charge < -0.3 is 15.0 Å². The molecule has 0 amide bonds. The molecule has 0 radical (unpaired) electrons. The minimum atomic E-state index is 0.0559. The Labute approximate surface area is 156 Å². The maximum Gasteiger partial charge on any atom is 0.0737 e. The highest BCUT2D eigenvalue weighted by molar-refractivity contribution is 6.36. The van der Waals surface area contributed by atoms with Crippen LogP contribution in [0.3, 0.4) is 0 Å². The van der Waals surface area contributed by atoms with E-state index in [9.17, 15) is 0 Å². The standard InChI is InChI=1S/C20H18Cl2N2O/c21-16-10-15-12-23-19(14-5-3-13(4-6-14)7-9-25)18-2-1-8-24(18)20(15)17(22)11-16/h1-6,8,10-11,19,23,25H,7,9,12H2. The molecule has 2 heterocycles. The molecule has 0 aliphatic carbocycles. The first-order valence-electron chi connectivity index (χ1n) is 8.26. The summed E-state index contributed by atoms with van der Waals surface area (Å²) in [7, 11) is 0. The van der Waals surface area contributed by atoms with E-state index >= 15 is 0 Å². The number of nitrogens with zero attached hydrogens (tertiary/aromatic N) is 1. The maximum absolute atomic E-state index is 9.09. The Hall–Kier alpha value is -1.78. The van der Waals surface area contributed by atoms with Crippen molar-refractivity contribution in [3.63, 3.8) is 0 Å². The number of halogens is 2. The molecular weight excluding hydrogens is 355 g/mol. The number of rotatable bonds is 3. The van der Waals surface area contributed by atoms with E-state index in [4.69, 9.17) is 28.3 Å². The molecule has 0 bridgehead atoms. The van der Waals surface area contributed by atoms with Gasteiger partial charge in [-0.15, -0.1) is 0 Å². The van der Waals surface area contributed by atoms with Crippen LogP contribution in [0.25, 0.3) is 5.69 Å². The predicted octanol–water partition coefficient (Wildman–Crippen LogP) is 4.51. The smallest absolute Gasteiger partial charge is 0.0737 e. The molecule has 5 heteroatoms. The van der Waals surface area contributed by atoms with Gasteiger partial charge in [0.05, 0.1) is 16.8 Å². The largest absolute Gasteiger partial charge is 0.396 e. The molecule has 1 unspecified atom stereocenters. The summed E-state index contributed by atoms with van der Waals surface area (Å²) in [5, 5.41) is 14.0. The third-order valence-electron chi connectivity index (χ3n) is 4.63. The molecule has 2 N–H and O–H groups in total. The molecule has 4 rings (SSSR count). The van der Waals surface area contributed by atoms with Crippen molar-refractivity contribution in [1.29, 1.82) is 0 Å². The Balaban J connectivity index is 1.78. The normalized spacial score (nSPS) is 16.2. The van der Waals surface area contributed by atoms with Crippen molar-refractivity contribution in [2.45, 2.75) is 19.0 Å². The van der Waals surface area contributed by atoms with Crippen LogP contribution in [-0.2, 0) is 13.0 Å². The Kier molecular flexibility index (Phi) is 4.57. The average molecular weight is 373 g/mol. The van der Waals surface area contributed by atoms with Crippen LogP contribution in [0, 0.1) is 0 Å². The Morgan fingerprint density at radius 2 is 1.92 bits per heavy atom. The van der Waals surface area contributed by atoms with Gasteiger partial charge in [0.2, 0.25) is 0 Å². The fourth-order valence-corrected chi connectivity index (χ4v) is 4.09. The van der Waals surface area contributed by atoms with E-state index in [0.717, 1.165) is 22.5 Å². The quantitative estimate of drug-likeness (QED) is 0.709. The maximum atomic E-state index is 9.09. The lowest BCUT2D eigenvalue weighted by molar-refractivity contribution is 0.299. The lowest BCUT2D eigenvalue weighted by Gasteiger charge is -2.18. The molecule has 1 aromatic heterocycles. The molecule has 0 saturated carbocycles. The fourth-order valence-electron chi connectivity index (χ4n) is 3.47. The van der Waals surface area contributed by atoms with Crippen molar-refractivity contribution in [1.82, 2.24) is 9.88 Å². The number of hydrogen-bond acceptors (Lipinski definition) is 2. The van der Waals surface area contributed by atoms with Gasteiger partial charge in [-0.05, 0) is 47.4 Å². The number of hydrogen-bond donors (Lipinski definition) is 2. The highest BCUT2D eigenvalue weighted by Gasteiger charge is 2.24. The lowest BCUT2D eigenvalue weighted by Crippen LogP contribution is -2.21. The van der Waals surface area contributed by atoms with Gasteiger partial charge in [-0.3, -0.25) is 0 Å². The summed E-state index contributed by atoms with van der Waals surface area (Å²) in [6.45, 7) is 0.846. The second-order valence-electron chi connectivity index (χ2n) is 6.23. The second-order valence-corrected chi connectivity index (χ2v) is 7.07. The first kappa shape index (κ1) is 16.7. The van der Waals surface area contributed by atoms with E-state index in [1.165, 1.54) is 5.56 Å². The molecule has 128 valence electrons. The second kappa shape index (κ2) is 6.85. The van der Waals surface area contributed by atoms with Crippen molar-refractivity contribution in [2.75, 3.05) is 6.61 Å². The first-order valence-corrected chi connectivity index (χ1v) is 9.01. The number of fused-ring (bicyclic) bond motifs is 3. The Morgan fingerprint density at radius 3 is 2.68 bits per heavy atom. The van der Waals surface area contributed by atoms with E-state index in [0.29, 0.717) is 23.0 Å². The van der Waals surface area contributed by atoms with Crippen LogP contribution in [0.15, 0.2) is 54.7 Å². The monoisotopic (exact) mass is 372 g/mol. The number of aromatic nitrogens is 1. The summed E-state index contributed by atoms with van der Waals surface area (Å²) in [6, 6.07) is 16.3. The molecule has 0 fully saturated rings. The third-order valence-corrected chi connectivity index (χ3v) is 5.14. The number of nitrogens with one attached hydrogen (secondary N) is 1. The van der Waals surface area contributed by atoms with Gasteiger partial charge in [-0.1, -0.05) is 47.5 Å². The number of aliphatic hydroxyl groups is 1. The van der Waals surface area contributed by atoms with Crippen molar-refractivity contribution < 1.29 is 5.11 Å². The van der Waals surface area contributed by atoms with Crippen LogP contribution in [0.5, 0.6) is 0 Å². The van der Waals surface area contributed by atoms with Gasteiger partial charge in [0.1, 0.15) is 0 Å². The summed E-state index contributed by atoms with van der Waals surface area (Å²) >= 11 is 12.7. The molecule has 2 aromatic carbocycles. The molecule has 1 aliphatic heterocycles. The van der Waals surface area contributed by atoms with E-state index in [1.807, 2.05) is 18.3 Å². The minimum Gasteiger partial charge on any atom is -0.396 e. The van der Waals surface area contributed by atoms with Crippen molar-refractivity contribution >= 4 is 23.2 Å². The van der Waals surface area contributed by atoms with Gasteiger partial charge in [-0.25, -0.2) is 0 Å². The van der Waals surface area contributed by atoms with E-state index in [1.54, 1.807) is 6.07 Å². The number of aliphatic hydroxyl groups excluding tert-OH is 1. The van der Waals surface area contributed by atoms with Gasteiger partial charge in [-0.2, -0.15) is 0 Å². The molecule has 3 nitrogen and oxygen atoms in total. The van der Waals surface area contributed by atoms with Crippen LogP contribution in [0.1, 0.15) is 28.4 Å². The summed E-state index contributed by atoms with van der Waals surface area (Å²) < 4.78 is 2.14. The Bertz CT molecular complexity index is 903. The van der Waals surface area contributed by atoms with Crippen LogP contribution >= 0.6 is 23.2 Å². The van der Waals surface area contributed by atoms with Gasteiger partial charge in [0, 0.05) is 30.1 Å². The fraction of sp³-hybridized carbons (Fsp3) is 0.200. The number of benzene rings is 2. The Morgan fingerprint density at radius 1 is 1.12 bits per heavy atom. The highest BCUT2D eigenvalue weighted by Crippen LogP contribution is 2.35. The van der Waals surface area contributed by atoms with Gasteiger partial charge in [0.25, 0.3) is 0 Å². The van der Waals surface area contributed by atoms with Crippen LogP contribution in [0.2, 0.25) is 10.0 Å². The predicted molar refractivity (Wildman–Crippen MR) is 102 cm³/mol. The average Bonchev–Trinajstić information content (AvgIpc) is 2.99. The van der Waals surface area contributed by atoms with Crippen LogP contribution in [-0.4, -0.2) is 16.3 Å². The lowest BCUT2D eigenvalue weighted by atomic mass is 10.0. The van der Waals surface area contributed by atoms with E-state index in [-0.39, 0.29) is 12.6 Å². The molecule has 1 aliphatic rings. The zero-order chi connectivity index (χ0) is 17.4. The summed E-state index contributed by atoms with van der Waals surface area (Å²) in [5.41, 5.74) is 5.51. The van der Waals surface area contributed by atoms with E-state index in [2.05, 4.69) is 40.2 Å². The SMILES string of the molecule is OCCc1ccc(C2NCc3cc(Cl)cc(Cl)c3-n3cccc32)cc1. The highest BCUT2D eigenvalue weighted by atomic mass is 35.5. The first-order chi connectivity index (χ1) is 12.2. The molecule has 25 heavy (non-hydrogen) atoms. The van der Waals surface area contributed by atoms with Crippen molar-refractivity contribution in [3.05, 3.63) is 87.2 Å². The van der Waals surface area contributed by atoms with Gasteiger partial charge >= 0.3 is 0 Å². The summed E-state index contributed by atoms with van der Waals surface area (Å²) in [4.78, 5) is 0. The zero-order valence-corrected chi connectivity index (χ0v) is 15.1. The third kappa shape index (κ3) is 3.09. The molecule has 0 saturated heterocycles. The van der Waals surface area contributed by atoms with Crippen LogP contribution in [0.4, 0.5) is 0 Å². The summed E-state index contributed by atoms with van der Waals surface area (Å²) in [6.07, 6.45) is 2.71. The van der Waals surface area contributed by atoms with E-state index < -0.39 is 0 Å². The molecule has 3 aromatic rings. The summed E-state index contributed by atoms with van der Waals surface area (Å²) in [5.74, 6) is 0. The molecule has 0 spiro atoms.